The number of primary amides is 1. The standard InChI is InChI=1S/C30H30F3N7O3/c1-14(40-24(29(34)42)4-5-36-40)6-17-11-30(17)13-43-25-10-22(32)21(31)8-19(25)20(30)9-26(41)37-18-7-23(33)28(35-12-18)27-15(2)38-39-16(27)3/h4-5,7-8,10,12,14,17,20H,6,9,11,13H2,1-3H3,(H2,34,42)(H,37,41)(H,38,39). The summed E-state index contributed by atoms with van der Waals surface area (Å²) in [5.41, 5.74) is 7.73. The highest BCUT2D eigenvalue weighted by molar-refractivity contribution is 5.92. The van der Waals surface area contributed by atoms with E-state index in [1.165, 1.54) is 18.5 Å². The summed E-state index contributed by atoms with van der Waals surface area (Å²) in [4.78, 5) is 29.4. The van der Waals surface area contributed by atoms with Crippen molar-refractivity contribution in [3.8, 4) is 17.0 Å². The van der Waals surface area contributed by atoms with Crippen LogP contribution in [0.1, 0.15) is 65.6 Å². The summed E-state index contributed by atoms with van der Waals surface area (Å²) < 4.78 is 51.1. The normalized spacial score (nSPS) is 21.3. The number of amides is 2. The minimum Gasteiger partial charge on any atom is -0.493 e. The first-order valence-corrected chi connectivity index (χ1v) is 13.9. The molecule has 1 saturated carbocycles. The molecule has 13 heteroatoms. The van der Waals surface area contributed by atoms with Gasteiger partial charge in [-0.1, -0.05) is 0 Å². The lowest BCUT2D eigenvalue weighted by Crippen LogP contribution is -2.33. The third kappa shape index (κ3) is 5.02. The fraction of sp³-hybridized carbons (Fsp3) is 0.367. The van der Waals surface area contributed by atoms with Crippen molar-refractivity contribution in [1.29, 1.82) is 0 Å². The first-order chi connectivity index (χ1) is 20.5. The Morgan fingerprint density at radius 1 is 1.21 bits per heavy atom. The van der Waals surface area contributed by atoms with Gasteiger partial charge in [-0.2, -0.15) is 10.2 Å². The lowest BCUT2D eigenvalue weighted by atomic mass is 9.76. The highest BCUT2D eigenvalue weighted by Gasteiger charge is 2.62. The second kappa shape index (κ2) is 10.5. The summed E-state index contributed by atoms with van der Waals surface area (Å²) in [5, 5.41) is 13.8. The van der Waals surface area contributed by atoms with Crippen LogP contribution in [0.2, 0.25) is 0 Å². The van der Waals surface area contributed by atoms with Crippen LogP contribution < -0.4 is 15.8 Å². The van der Waals surface area contributed by atoms with Gasteiger partial charge >= 0.3 is 0 Å². The maximum Gasteiger partial charge on any atom is 0.266 e. The lowest BCUT2D eigenvalue weighted by molar-refractivity contribution is -0.117. The second-order valence-corrected chi connectivity index (χ2v) is 11.5. The van der Waals surface area contributed by atoms with Crippen LogP contribution in [-0.4, -0.2) is 43.4 Å². The van der Waals surface area contributed by atoms with Crippen molar-refractivity contribution in [1.82, 2.24) is 25.0 Å². The maximum absolute atomic E-state index is 15.1. The van der Waals surface area contributed by atoms with Crippen molar-refractivity contribution in [2.75, 3.05) is 11.9 Å². The average Bonchev–Trinajstić information content (AvgIpc) is 3.25. The summed E-state index contributed by atoms with van der Waals surface area (Å²) in [6, 6.07) is 4.64. The van der Waals surface area contributed by atoms with E-state index in [4.69, 9.17) is 10.5 Å². The number of benzene rings is 1. The van der Waals surface area contributed by atoms with Crippen molar-refractivity contribution in [3.05, 3.63) is 76.8 Å². The molecule has 4 N–H and O–H groups in total. The van der Waals surface area contributed by atoms with Gasteiger partial charge in [0.15, 0.2) is 17.5 Å². The molecule has 4 atom stereocenters. The van der Waals surface area contributed by atoms with Crippen LogP contribution in [0.5, 0.6) is 5.75 Å². The van der Waals surface area contributed by atoms with Crippen molar-refractivity contribution in [2.45, 2.75) is 52.0 Å². The Hall–Kier alpha value is -4.68. The van der Waals surface area contributed by atoms with Gasteiger partial charge in [0.1, 0.15) is 17.1 Å². The molecule has 4 heterocycles. The van der Waals surface area contributed by atoms with Gasteiger partial charge in [0.2, 0.25) is 5.91 Å². The summed E-state index contributed by atoms with van der Waals surface area (Å²) >= 11 is 0. The van der Waals surface area contributed by atoms with Gasteiger partial charge in [-0.25, -0.2) is 13.2 Å². The lowest BCUT2D eigenvalue weighted by Gasteiger charge is -2.35. The SMILES string of the molecule is Cc1n[nH]c(C)c1-c1ncc(NC(=O)CC2c3cc(F)c(F)cc3OCC23CC3CC(C)n2nccc2C(N)=O)cc1F. The monoisotopic (exact) mass is 593 g/mol. The molecule has 1 spiro atoms. The Bertz CT molecular complexity index is 1730. The summed E-state index contributed by atoms with van der Waals surface area (Å²) in [6.45, 7) is 5.62. The van der Waals surface area contributed by atoms with Gasteiger partial charge in [-0.3, -0.25) is 24.4 Å². The van der Waals surface area contributed by atoms with Crippen molar-refractivity contribution in [3.63, 3.8) is 0 Å². The molecule has 4 unspecified atom stereocenters. The molecule has 1 aliphatic carbocycles. The number of aromatic amines is 1. The maximum atomic E-state index is 15.1. The van der Waals surface area contributed by atoms with Crippen LogP contribution >= 0.6 is 0 Å². The van der Waals surface area contributed by atoms with E-state index in [-0.39, 0.29) is 47.8 Å². The quantitative estimate of drug-likeness (QED) is 0.264. The van der Waals surface area contributed by atoms with Gasteiger partial charge in [0.25, 0.3) is 5.91 Å². The van der Waals surface area contributed by atoms with Crippen LogP contribution in [0, 0.1) is 42.6 Å². The van der Waals surface area contributed by atoms with Crippen LogP contribution in [0.4, 0.5) is 18.9 Å². The van der Waals surface area contributed by atoms with Crippen LogP contribution in [0.15, 0.2) is 36.7 Å². The number of hydrogen-bond acceptors (Lipinski definition) is 6. The highest BCUT2D eigenvalue weighted by atomic mass is 19.2. The number of nitrogens with one attached hydrogen (secondary N) is 2. The highest BCUT2D eigenvalue weighted by Crippen LogP contribution is 2.67. The van der Waals surface area contributed by atoms with Gasteiger partial charge in [-0.05, 0) is 51.7 Å². The van der Waals surface area contributed by atoms with E-state index in [1.807, 2.05) is 6.92 Å². The molecule has 0 bridgehead atoms. The summed E-state index contributed by atoms with van der Waals surface area (Å²) in [6.07, 6.45) is 4.05. The molecule has 3 aromatic heterocycles. The number of aryl methyl sites for hydroxylation is 2. The Morgan fingerprint density at radius 2 is 1.98 bits per heavy atom. The minimum atomic E-state index is -1.04. The second-order valence-electron chi connectivity index (χ2n) is 11.5. The van der Waals surface area contributed by atoms with Gasteiger partial charge in [0.05, 0.1) is 30.2 Å². The van der Waals surface area contributed by atoms with Crippen molar-refractivity contribution in [2.24, 2.45) is 17.1 Å². The molecular formula is C30H30F3N7O3. The third-order valence-corrected chi connectivity index (χ3v) is 8.74. The zero-order valence-electron chi connectivity index (χ0n) is 23.7. The van der Waals surface area contributed by atoms with E-state index in [9.17, 15) is 18.4 Å². The Balaban J connectivity index is 1.24. The zero-order chi connectivity index (χ0) is 30.6. The number of anilines is 1. The first-order valence-electron chi connectivity index (χ1n) is 13.9. The molecule has 1 fully saturated rings. The number of carbonyl (C=O) groups is 2. The number of halogens is 3. The molecule has 2 amide bonds. The molecule has 6 rings (SSSR count). The minimum absolute atomic E-state index is 0.0336. The van der Waals surface area contributed by atoms with Crippen LogP contribution in [0.3, 0.4) is 0 Å². The predicted octanol–water partition coefficient (Wildman–Crippen LogP) is 4.96. The van der Waals surface area contributed by atoms with Crippen LogP contribution in [-0.2, 0) is 4.79 Å². The van der Waals surface area contributed by atoms with Gasteiger partial charge < -0.3 is 15.8 Å². The number of carbonyl (C=O) groups excluding carboxylic acids is 2. The molecule has 43 heavy (non-hydrogen) atoms. The zero-order valence-corrected chi connectivity index (χ0v) is 23.7. The Labute approximate surface area is 244 Å². The fourth-order valence-electron chi connectivity index (χ4n) is 6.56. The molecule has 0 saturated heterocycles. The van der Waals surface area contributed by atoms with Crippen molar-refractivity contribution >= 4 is 17.5 Å². The number of H-pyrrole nitrogens is 1. The van der Waals surface area contributed by atoms with E-state index in [0.717, 1.165) is 12.1 Å². The summed E-state index contributed by atoms with van der Waals surface area (Å²) in [5.74, 6) is -4.02. The van der Waals surface area contributed by atoms with E-state index >= 15 is 4.39 Å². The molecule has 10 nitrogen and oxygen atoms in total. The number of hydrogen-bond donors (Lipinski definition) is 3. The first kappa shape index (κ1) is 28.4. The van der Waals surface area contributed by atoms with Gasteiger partial charge in [0, 0.05) is 52.9 Å². The average molecular weight is 594 g/mol. The smallest absolute Gasteiger partial charge is 0.266 e. The van der Waals surface area contributed by atoms with Crippen LogP contribution in [0.25, 0.3) is 11.3 Å². The van der Waals surface area contributed by atoms with E-state index in [1.54, 1.807) is 24.6 Å². The van der Waals surface area contributed by atoms with E-state index < -0.39 is 40.6 Å². The molecule has 0 radical (unpaired) electrons. The van der Waals surface area contributed by atoms with Crippen molar-refractivity contribution < 1.29 is 27.5 Å². The molecule has 1 aliphatic heterocycles. The largest absolute Gasteiger partial charge is 0.493 e. The number of pyridine rings is 1. The third-order valence-electron chi connectivity index (χ3n) is 8.74. The number of fused-ring (bicyclic) bond motifs is 1. The molecule has 1 aromatic carbocycles. The van der Waals surface area contributed by atoms with E-state index in [2.05, 4.69) is 25.6 Å². The number of aromatic nitrogens is 5. The topological polar surface area (TPSA) is 141 Å². The molecule has 2 aliphatic rings. The molecule has 4 aromatic rings. The number of nitrogens with two attached hydrogens (primary N) is 1. The predicted molar refractivity (Wildman–Crippen MR) is 150 cm³/mol. The van der Waals surface area contributed by atoms with Gasteiger partial charge in [-0.15, -0.1) is 0 Å². The van der Waals surface area contributed by atoms with E-state index in [0.29, 0.717) is 35.4 Å². The Morgan fingerprint density at radius 3 is 2.67 bits per heavy atom. The Kier molecular flexibility index (Phi) is 6.98. The summed E-state index contributed by atoms with van der Waals surface area (Å²) in [7, 11) is 0. The molecular weight excluding hydrogens is 563 g/mol. The number of ether oxygens (including phenoxy) is 1. The number of nitrogens with zero attached hydrogens (tertiary/aromatic N) is 4. The number of rotatable bonds is 8. The fourth-order valence-corrected chi connectivity index (χ4v) is 6.56. The molecule has 224 valence electrons.